The van der Waals surface area contributed by atoms with Gasteiger partial charge in [-0.1, -0.05) is 11.6 Å². The van der Waals surface area contributed by atoms with Gasteiger partial charge in [-0.15, -0.1) is 0 Å². The molecule has 0 saturated heterocycles. The number of halogens is 1. The molecule has 0 radical (unpaired) electrons. The third kappa shape index (κ3) is 3.57. The quantitative estimate of drug-likeness (QED) is 0.652. The monoisotopic (exact) mass is 280 g/mol. The largest absolute Gasteiger partial charge is 0.370 e. The minimum atomic E-state index is 0.285. The molecular weight excluding hydrogens is 264 g/mol. The molecule has 0 atom stereocenters. The summed E-state index contributed by atoms with van der Waals surface area (Å²) in [5, 5.41) is 7.70. The Hall–Kier alpha value is -1.82. The number of nitrogens with two attached hydrogens (primary N) is 1. The number of rotatable bonds is 4. The van der Waals surface area contributed by atoms with Crippen LogP contribution in [0.15, 0.2) is 23.6 Å². The van der Waals surface area contributed by atoms with Gasteiger partial charge in [0.2, 0.25) is 0 Å². The van der Waals surface area contributed by atoms with Crippen molar-refractivity contribution in [3.63, 3.8) is 0 Å². The van der Waals surface area contributed by atoms with E-state index in [0.717, 1.165) is 12.0 Å². The van der Waals surface area contributed by atoms with E-state index in [0.29, 0.717) is 23.2 Å². The summed E-state index contributed by atoms with van der Waals surface area (Å²) in [4.78, 5) is 8.50. The van der Waals surface area contributed by atoms with E-state index in [9.17, 15) is 0 Å². The summed E-state index contributed by atoms with van der Waals surface area (Å²) in [6.07, 6.45) is 6.01. The normalized spacial score (nSPS) is 12.3. The first-order chi connectivity index (χ1) is 9.06. The maximum absolute atomic E-state index is 5.93. The molecule has 0 aliphatic heterocycles. The molecule has 0 saturated carbocycles. The van der Waals surface area contributed by atoms with Crippen LogP contribution in [0.5, 0.6) is 0 Å². The lowest BCUT2D eigenvalue weighted by atomic mass is 10.2. The Morgan fingerprint density at radius 1 is 1.53 bits per heavy atom. The van der Waals surface area contributed by atoms with Crippen LogP contribution in [0.2, 0.25) is 5.02 Å². The molecule has 7 heteroatoms. The summed E-state index contributed by atoms with van der Waals surface area (Å²) < 4.78 is 1.66. The summed E-state index contributed by atoms with van der Waals surface area (Å²) in [6, 6.07) is 0.285. The van der Waals surface area contributed by atoms with Gasteiger partial charge in [-0.25, -0.2) is 9.50 Å². The van der Waals surface area contributed by atoms with E-state index < -0.39 is 0 Å². The third-order valence-corrected chi connectivity index (χ3v) is 2.75. The van der Waals surface area contributed by atoms with Crippen molar-refractivity contribution in [2.75, 3.05) is 6.54 Å². The van der Waals surface area contributed by atoms with Crippen LogP contribution in [0.1, 0.15) is 19.4 Å². The highest BCUT2D eigenvalue weighted by atomic mass is 35.5. The van der Waals surface area contributed by atoms with E-state index in [4.69, 9.17) is 17.3 Å². The zero-order valence-electron chi connectivity index (χ0n) is 11.0. The molecule has 2 aromatic heterocycles. The Labute approximate surface area is 116 Å². The summed E-state index contributed by atoms with van der Waals surface area (Å²) in [7, 11) is 0. The first-order valence-electron chi connectivity index (χ1n) is 6.10. The van der Waals surface area contributed by atoms with E-state index in [1.165, 1.54) is 0 Å². The van der Waals surface area contributed by atoms with Gasteiger partial charge < -0.3 is 11.1 Å². The summed E-state index contributed by atoms with van der Waals surface area (Å²) in [5.41, 5.74) is 7.42. The van der Waals surface area contributed by atoms with Crippen molar-refractivity contribution in [1.29, 1.82) is 0 Å². The summed E-state index contributed by atoms with van der Waals surface area (Å²) >= 11 is 5.93. The molecule has 0 aromatic carbocycles. The molecule has 0 fully saturated rings. The van der Waals surface area contributed by atoms with E-state index >= 15 is 0 Å². The number of guanidine groups is 1. The van der Waals surface area contributed by atoms with Crippen LogP contribution >= 0.6 is 11.6 Å². The van der Waals surface area contributed by atoms with Crippen molar-refractivity contribution in [3.8, 4) is 0 Å². The highest BCUT2D eigenvalue weighted by molar-refractivity contribution is 6.33. The highest BCUT2D eigenvalue weighted by Gasteiger charge is 2.03. The fourth-order valence-electron chi connectivity index (χ4n) is 1.66. The van der Waals surface area contributed by atoms with Crippen LogP contribution in [0.3, 0.4) is 0 Å². The predicted molar refractivity (Wildman–Crippen MR) is 76.5 cm³/mol. The molecule has 6 nitrogen and oxygen atoms in total. The lowest BCUT2D eigenvalue weighted by molar-refractivity contribution is 0.723. The maximum atomic E-state index is 5.93. The molecule has 0 bridgehead atoms. The molecular formula is C12H17ClN6. The van der Waals surface area contributed by atoms with Gasteiger partial charge >= 0.3 is 0 Å². The van der Waals surface area contributed by atoms with Gasteiger partial charge in [0.05, 0.1) is 6.20 Å². The van der Waals surface area contributed by atoms with Crippen LogP contribution in [-0.4, -0.2) is 33.1 Å². The van der Waals surface area contributed by atoms with Crippen LogP contribution in [0, 0.1) is 0 Å². The summed E-state index contributed by atoms with van der Waals surface area (Å²) in [5.74, 6) is 0.464. The van der Waals surface area contributed by atoms with Gasteiger partial charge in [0.25, 0.3) is 0 Å². The number of hydrogen-bond donors (Lipinski definition) is 2. The SMILES string of the molecule is CC(C)NC(N)=NCCc1cnc2c(Cl)cnn2c1. The van der Waals surface area contributed by atoms with Crippen molar-refractivity contribution < 1.29 is 0 Å². The van der Waals surface area contributed by atoms with Crippen LogP contribution in [0.4, 0.5) is 0 Å². The summed E-state index contributed by atoms with van der Waals surface area (Å²) in [6.45, 7) is 4.64. The fraction of sp³-hybridized carbons (Fsp3) is 0.417. The first kappa shape index (κ1) is 13.6. The average molecular weight is 281 g/mol. The predicted octanol–water partition coefficient (Wildman–Crippen LogP) is 1.24. The zero-order chi connectivity index (χ0) is 13.8. The Balaban J connectivity index is 1.98. The molecule has 19 heavy (non-hydrogen) atoms. The fourth-order valence-corrected chi connectivity index (χ4v) is 1.84. The second-order valence-corrected chi connectivity index (χ2v) is 4.95. The molecule has 0 amide bonds. The molecule has 0 unspecified atom stereocenters. The molecule has 0 aliphatic rings. The van der Waals surface area contributed by atoms with Crippen LogP contribution < -0.4 is 11.1 Å². The molecule has 2 rings (SSSR count). The maximum Gasteiger partial charge on any atom is 0.188 e. The second kappa shape index (κ2) is 5.88. The van der Waals surface area contributed by atoms with Crippen molar-refractivity contribution in [2.24, 2.45) is 10.7 Å². The molecule has 2 heterocycles. The van der Waals surface area contributed by atoms with Crippen molar-refractivity contribution >= 4 is 23.2 Å². The molecule has 3 N–H and O–H groups in total. The van der Waals surface area contributed by atoms with Crippen LogP contribution in [0.25, 0.3) is 5.65 Å². The minimum absolute atomic E-state index is 0.285. The molecule has 2 aromatic rings. The lowest BCUT2D eigenvalue weighted by Crippen LogP contribution is -2.36. The molecule has 0 spiro atoms. The average Bonchev–Trinajstić information content (AvgIpc) is 2.70. The lowest BCUT2D eigenvalue weighted by Gasteiger charge is -2.08. The van der Waals surface area contributed by atoms with Gasteiger partial charge in [-0.2, -0.15) is 5.10 Å². The van der Waals surface area contributed by atoms with Crippen molar-refractivity contribution in [1.82, 2.24) is 19.9 Å². The van der Waals surface area contributed by atoms with E-state index in [-0.39, 0.29) is 6.04 Å². The highest BCUT2D eigenvalue weighted by Crippen LogP contribution is 2.14. The standard InChI is InChI=1S/C12H17ClN6/c1-8(2)18-12(14)15-4-3-9-5-16-11-10(13)6-17-19(11)7-9/h5-8H,3-4H2,1-2H3,(H3,14,15,18). The van der Waals surface area contributed by atoms with Crippen LogP contribution in [-0.2, 0) is 6.42 Å². The van der Waals surface area contributed by atoms with E-state index in [2.05, 4.69) is 20.4 Å². The van der Waals surface area contributed by atoms with Crippen molar-refractivity contribution in [2.45, 2.75) is 26.3 Å². The third-order valence-electron chi connectivity index (χ3n) is 2.49. The Bertz CT molecular complexity index is 589. The Morgan fingerprint density at radius 2 is 2.32 bits per heavy atom. The van der Waals surface area contributed by atoms with Gasteiger partial charge in [0.15, 0.2) is 11.6 Å². The number of nitrogens with zero attached hydrogens (tertiary/aromatic N) is 4. The molecule has 102 valence electrons. The van der Waals surface area contributed by atoms with E-state index in [1.807, 2.05) is 20.0 Å². The Kier molecular flexibility index (Phi) is 4.21. The van der Waals surface area contributed by atoms with Gasteiger partial charge in [-0.3, -0.25) is 4.99 Å². The van der Waals surface area contributed by atoms with Gasteiger partial charge in [0, 0.05) is 25.0 Å². The first-order valence-corrected chi connectivity index (χ1v) is 6.48. The van der Waals surface area contributed by atoms with Gasteiger partial charge in [0.1, 0.15) is 5.02 Å². The number of aromatic nitrogens is 3. The molecule has 0 aliphatic carbocycles. The number of aliphatic imine (C=N–C) groups is 1. The number of nitrogens with one attached hydrogen (secondary N) is 1. The number of fused-ring (bicyclic) bond motifs is 1. The second-order valence-electron chi connectivity index (χ2n) is 4.54. The van der Waals surface area contributed by atoms with Crippen molar-refractivity contribution in [3.05, 3.63) is 29.2 Å². The number of hydrogen-bond acceptors (Lipinski definition) is 3. The smallest absolute Gasteiger partial charge is 0.188 e. The van der Waals surface area contributed by atoms with Gasteiger partial charge in [-0.05, 0) is 25.8 Å². The van der Waals surface area contributed by atoms with E-state index in [1.54, 1.807) is 16.9 Å². The minimum Gasteiger partial charge on any atom is -0.370 e. The Morgan fingerprint density at radius 3 is 3.05 bits per heavy atom. The topological polar surface area (TPSA) is 80.6 Å². The zero-order valence-corrected chi connectivity index (χ0v) is 11.7.